The molecule has 1 rings (SSSR count). The van der Waals surface area contributed by atoms with Crippen molar-refractivity contribution in [1.82, 2.24) is 4.90 Å². The Kier molecular flexibility index (Phi) is 4.59. The fourth-order valence-corrected chi connectivity index (χ4v) is 2.31. The van der Waals surface area contributed by atoms with Crippen LogP contribution >= 0.6 is 0 Å². The third kappa shape index (κ3) is 3.89. The van der Waals surface area contributed by atoms with Crippen molar-refractivity contribution in [3.8, 4) is 11.5 Å². The van der Waals surface area contributed by atoms with Crippen LogP contribution in [0.1, 0.15) is 18.5 Å². The zero-order chi connectivity index (χ0) is 13.9. The van der Waals surface area contributed by atoms with Crippen LogP contribution in [-0.4, -0.2) is 49.1 Å². The smallest absolute Gasteiger partial charge is 0.148 e. The lowest BCUT2D eigenvalue weighted by atomic mass is 10.0. The van der Waals surface area contributed by atoms with Gasteiger partial charge in [-0.3, -0.25) is 4.90 Å². The quantitative estimate of drug-likeness (QED) is 0.841. The highest BCUT2D eigenvalue weighted by molar-refractivity contribution is 7.90. The van der Waals surface area contributed by atoms with E-state index in [0.29, 0.717) is 12.1 Å². The Labute approximate surface area is 108 Å². The molecule has 5 nitrogen and oxygen atoms in total. The van der Waals surface area contributed by atoms with Gasteiger partial charge in [0.25, 0.3) is 0 Å². The topological polar surface area (TPSA) is 77.8 Å². The molecule has 0 spiro atoms. The molecule has 0 radical (unpaired) electrons. The molecule has 0 aliphatic carbocycles. The monoisotopic (exact) mass is 273 g/mol. The van der Waals surface area contributed by atoms with E-state index >= 15 is 0 Å². The van der Waals surface area contributed by atoms with E-state index in [-0.39, 0.29) is 23.3 Å². The number of aromatic hydroxyl groups is 2. The van der Waals surface area contributed by atoms with Crippen LogP contribution < -0.4 is 0 Å². The molecular weight excluding hydrogens is 254 g/mol. The Morgan fingerprint density at radius 1 is 1.28 bits per heavy atom. The number of nitrogens with zero attached hydrogens (tertiary/aromatic N) is 1. The zero-order valence-corrected chi connectivity index (χ0v) is 11.6. The molecule has 0 bridgehead atoms. The molecule has 1 aromatic rings. The molecule has 18 heavy (non-hydrogen) atoms. The van der Waals surface area contributed by atoms with Gasteiger partial charge in [0, 0.05) is 18.8 Å². The standard InChI is InChI=1S/C12H19NO4S/c1-9(13(2)7-8-18(3,16)17)12-10(14)5-4-6-11(12)15/h4-6,9,14-15H,7-8H2,1-3H3. The molecule has 0 fully saturated rings. The number of hydrogen-bond donors (Lipinski definition) is 2. The molecule has 2 N–H and O–H groups in total. The van der Waals surface area contributed by atoms with E-state index in [2.05, 4.69) is 0 Å². The highest BCUT2D eigenvalue weighted by Gasteiger charge is 2.19. The van der Waals surface area contributed by atoms with Crippen molar-refractivity contribution in [3.05, 3.63) is 23.8 Å². The van der Waals surface area contributed by atoms with Gasteiger partial charge in [-0.15, -0.1) is 0 Å². The number of sulfone groups is 1. The second-order valence-electron chi connectivity index (χ2n) is 4.50. The van der Waals surface area contributed by atoms with Crippen molar-refractivity contribution in [1.29, 1.82) is 0 Å². The van der Waals surface area contributed by atoms with Crippen molar-refractivity contribution in [2.75, 3.05) is 25.6 Å². The van der Waals surface area contributed by atoms with Gasteiger partial charge < -0.3 is 10.2 Å². The molecule has 0 saturated heterocycles. The van der Waals surface area contributed by atoms with Crippen LogP contribution in [0.3, 0.4) is 0 Å². The number of hydrogen-bond acceptors (Lipinski definition) is 5. The van der Waals surface area contributed by atoms with Gasteiger partial charge in [-0.25, -0.2) is 8.42 Å². The van der Waals surface area contributed by atoms with Gasteiger partial charge >= 0.3 is 0 Å². The Morgan fingerprint density at radius 3 is 2.22 bits per heavy atom. The van der Waals surface area contributed by atoms with E-state index in [0.717, 1.165) is 0 Å². The first kappa shape index (κ1) is 14.8. The molecular formula is C12H19NO4S. The average molecular weight is 273 g/mol. The second-order valence-corrected chi connectivity index (χ2v) is 6.76. The summed E-state index contributed by atoms with van der Waals surface area (Å²) in [7, 11) is -1.27. The van der Waals surface area contributed by atoms with E-state index < -0.39 is 9.84 Å². The van der Waals surface area contributed by atoms with E-state index in [9.17, 15) is 18.6 Å². The lowest BCUT2D eigenvalue weighted by molar-refractivity contribution is 0.264. The molecule has 0 aliphatic heterocycles. The molecule has 0 saturated carbocycles. The minimum Gasteiger partial charge on any atom is -0.507 e. The molecule has 0 aliphatic rings. The highest BCUT2D eigenvalue weighted by Crippen LogP contribution is 2.34. The third-order valence-corrected chi connectivity index (χ3v) is 3.88. The average Bonchev–Trinajstić information content (AvgIpc) is 2.24. The van der Waals surface area contributed by atoms with Crippen LogP contribution in [0.25, 0.3) is 0 Å². The summed E-state index contributed by atoms with van der Waals surface area (Å²) in [5.74, 6) is 0.0600. The van der Waals surface area contributed by atoms with Crippen LogP contribution in [0.4, 0.5) is 0 Å². The first-order chi connectivity index (χ1) is 8.22. The van der Waals surface area contributed by atoms with E-state index in [1.54, 1.807) is 24.9 Å². The van der Waals surface area contributed by atoms with Crippen molar-refractivity contribution >= 4 is 9.84 Å². The van der Waals surface area contributed by atoms with Gasteiger partial charge in [0.05, 0.1) is 11.3 Å². The van der Waals surface area contributed by atoms with E-state index in [1.807, 2.05) is 0 Å². The van der Waals surface area contributed by atoms with E-state index in [1.165, 1.54) is 18.4 Å². The van der Waals surface area contributed by atoms with Crippen molar-refractivity contribution in [2.45, 2.75) is 13.0 Å². The third-order valence-electron chi connectivity index (χ3n) is 2.95. The number of phenolic OH excluding ortho intramolecular Hbond substituents is 2. The molecule has 102 valence electrons. The molecule has 1 atom stereocenters. The summed E-state index contributed by atoms with van der Waals surface area (Å²) in [5, 5.41) is 19.5. The molecule has 6 heteroatoms. The fraction of sp³-hybridized carbons (Fsp3) is 0.500. The maximum Gasteiger partial charge on any atom is 0.148 e. The lowest BCUT2D eigenvalue weighted by Crippen LogP contribution is -2.28. The van der Waals surface area contributed by atoms with Crippen molar-refractivity contribution < 1.29 is 18.6 Å². The van der Waals surface area contributed by atoms with Crippen LogP contribution in [0.2, 0.25) is 0 Å². The predicted octanol–water partition coefficient (Wildman–Crippen LogP) is 1.14. The summed E-state index contributed by atoms with van der Waals surface area (Å²) in [6, 6.07) is 4.27. The number of rotatable bonds is 5. The Hall–Kier alpha value is -1.27. The lowest BCUT2D eigenvalue weighted by Gasteiger charge is -2.25. The minimum absolute atomic E-state index is 0.00806. The summed E-state index contributed by atoms with van der Waals surface area (Å²) in [6.07, 6.45) is 1.18. The highest BCUT2D eigenvalue weighted by atomic mass is 32.2. The SMILES string of the molecule is CC(c1c(O)cccc1O)N(C)CCS(C)(=O)=O. The number of benzene rings is 1. The summed E-state index contributed by atoms with van der Waals surface area (Å²) < 4.78 is 22.2. The summed E-state index contributed by atoms with van der Waals surface area (Å²) in [5.41, 5.74) is 0.411. The summed E-state index contributed by atoms with van der Waals surface area (Å²) >= 11 is 0. The Bertz CT molecular complexity index is 493. The Balaban J connectivity index is 2.84. The summed E-state index contributed by atoms with van der Waals surface area (Å²) in [4.78, 5) is 1.77. The van der Waals surface area contributed by atoms with Crippen molar-refractivity contribution in [2.24, 2.45) is 0 Å². The zero-order valence-electron chi connectivity index (χ0n) is 10.8. The van der Waals surface area contributed by atoms with Gasteiger partial charge in [-0.05, 0) is 26.1 Å². The largest absolute Gasteiger partial charge is 0.507 e. The summed E-state index contributed by atoms with van der Waals surface area (Å²) in [6.45, 7) is 2.14. The Morgan fingerprint density at radius 2 is 1.78 bits per heavy atom. The van der Waals surface area contributed by atoms with Gasteiger partial charge in [0.15, 0.2) is 0 Å². The predicted molar refractivity (Wildman–Crippen MR) is 70.5 cm³/mol. The molecule has 1 aromatic carbocycles. The maximum absolute atomic E-state index is 11.1. The molecule has 0 amide bonds. The maximum atomic E-state index is 11.1. The van der Waals surface area contributed by atoms with E-state index in [4.69, 9.17) is 0 Å². The van der Waals surface area contributed by atoms with Crippen LogP contribution in [-0.2, 0) is 9.84 Å². The molecule has 0 heterocycles. The number of phenols is 2. The molecule has 0 aromatic heterocycles. The van der Waals surface area contributed by atoms with Gasteiger partial charge in [0.2, 0.25) is 0 Å². The first-order valence-corrected chi connectivity index (χ1v) is 7.67. The minimum atomic E-state index is -3.02. The van der Waals surface area contributed by atoms with Crippen molar-refractivity contribution in [3.63, 3.8) is 0 Å². The fourth-order valence-electron chi connectivity index (χ4n) is 1.69. The van der Waals surface area contributed by atoms with Crippen LogP contribution in [0.5, 0.6) is 11.5 Å². The normalized spacial score (nSPS) is 13.8. The van der Waals surface area contributed by atoms with Crippen LogP contribution in [0.15, 0.2) is 18.2 Å². The van der Waals surface area contributed by atoms with Gasteiger partial charge in [-0.2, -0.15) is 0 Å². The van der Waals surface area contributed by atoms with Crippen LogP contribution in [0, 0.1) is 0 Å². The first-order valence-electron chi connectivity index (χ1n) is 5.61. The van der Waals surface area contributed by atoms with Gasteiger partial charge in [-0.1, -0.05) is 6.07 Å². The second kappa shape index (κ2) is 5.58. The molecule has 1 unspecified atom stereocenters. The van der Waals surface area contributed by atoms with Gasteiger partial charge in [0.1, 0.15) is 21.3 Å².